The Kier molecular flexibility index (Phi) is 7.29. The third-order valence-electron chi connectivity index (χ3n) is 6.16. The molecule has 1 aliphatic carbocycles. The van der Waals surface area contributed by atoms with Crippen LogP contribution < -0.4 is 0 Å². The summed E-state index contributed by atoms with van der Waals surface area (Å²) in [6.07, 6.45) is 6.54. The number of ether oxygens (including phenoxy) is 1. The third kappa shape index (κ3) is 6.05. The Labute approximate surface area is 176 Å². The molecule has 0 radical (unpaired) electrons. The molecule has 4 atom stereocenters. The molecule has 28 heavy (non-hydrogen) atoms. The molecule has 3 fully saturated rings. The zero-order chi connectivity index (χ0) is 20.5. The molecule has 0 spiro atoms. The molecular formula is C19H27Cl2NO5S. The molecule has 1 aromatic rings. The van der Waals surface area contributed by atoms with Crippen molar-refractivity contribution in [3.63, 3.8) is 0 Å². The van der Waals surface area contributed by atoms with Gasteiger partial charge in [-0.15, -0.1) is 0 Å². The summed E-state index contributed by atoms with van der Waals surface area (Å²) >= 11 is 12.4. The van der Waals surface area contributed by atoms with Crippen molar-refractivity contribution >= 4 is 33.6 Å². The number of nitrogens with zero attached hydrogens (tertiary/aromatic N) is 1. The van der Waals surface area contributed by atoms with Gasteiger partial charge in [0.25, 0.3) is 0 Å². The fourth-order valence-corrected chi connectivity index (χ4v) is 4.89. The van der Waals surface area contributed by atoms with Crippen LogP contribution in [0.5, 0.6) is 0 Å². The van der Waals surface area contributed by atoms with Gasteiger partial charge in [-0.3, -0.25) is 9.11 Å². The van der Waals surface area contributed by atoms with E-state index in [1.807, 2.05) is 6.07 Å². The molecule has 2 N–H and O–H groups in total. The molecule has 1 aromatic carbocycles. The highest BCUT2D eigenvalue weighted by Gasteiger charge is 2.46. The lowest BCUT2D eigenvalue weighted by atomic mass is 9.76. The van der Waals surface area contributed by atoms with Crippen molar-refractivity contribution in [3.05, 3.63) is 33.8 Å². The lowest BCUT2D eigenvalue weighted by Crippen LogP contribution is -2.47. The SMILES string of the molecule is CN1[C@H]2CC[C@@H]1[C@H](COCC1CC1)[C@@H](c1ccc(Cl)c(Cl)c1)C2.O=S(=O)(O)O. The number of hydrogen-bond donors (Lipinski definition) is 2. The molecule has 2 aliphatic heterocycles. The summed E-state index contributed by atoms with van der Waals surface area (Å²) in [4.78, 5) is 2.60. The first-order chi connectivity index (χ1) is 13.1. The van der Waals surface area contributed by atoms with Crippen molar-refractivity contribution in [1.29, 1.82) is 0 Å². The van der Waals surface area contributed by atoms with Gasteiger partial charge in [0.2, 0.25) is 0 Å². The van der Waals surface area contributed by atoms with Crippen molar-refractivity contribution in [3.8, 4) is 0 Å². The quantitative estimate of drug-likeness (QED) is 0.647. The van der Waals surface area contributed by atoms with Crippen molar-refractivity contribution < 1.29 is 22.3 Å². The standard InChI is InChI=1S/C19H25Cl2NO.H2O4S/c1-22-14-5-7-19(22)16(11-23-10-12-2-3-12)15(9-14)13-4-6-17(20)18(21)8-13;1-5(2,3)4/h4,6,8,12,14-16,19H,2-3,5,7,9-11H2,1H3;(H2,1,2,3,4)/t14-,15+,16+,19+;/m0./s1. The topological polar surface area (TPSA) is 87.1 Å². The molecule has 6 nitrogen and oxygen atoms in total. The van der Waals surface area contributed by atoms with Gasteiger partial charge in [0.1, 0.15) is 0 Å². The van der Waals surface area contributed by atoms with E-state index in [-0.39, 0.29) is 0 Å². The second-order valence-corrected chi connectivity index (χ2v) is 9.78. The predicted octanol–water partition coefficient (Wildman–Crippen LogP) is 4.33. The predicted molar refractivity (Wildman–Crippen MR) is 110 cm³/mol. The fourth-order valence-electron chi connectivity index (χ4n) is 4.59. The summed E-state index contributed by atoms with van der Waals surface area (Å²) in [6.45, 7) is 1.83. The smallest absolute Gasteiger partial charge is 0.381 e. The van der Waals surface area contributed by atoms with Gasteiger partial charge >= 0.3 is 10.4 Å². The van der Waals surface area contributed by atoms with Crippen LogP contribution in [0.15, 0.2) is 18.2 Å². The van der Waals surface area contributed by atoms with Gasteiger partial charge in [-0.2, -0.15) is 8.42 Å². The average Bonchev–Trinajstić information content (AvgIpc) is 3.37. The number of halogens is 2. The van der Waals surface area contributed by atoms with Crippen LogP contribution in [0.1, 0.15) is 43.6 Å². The Hall–Kier alpha value is -0.410. The number of piperidine rings is 1. The third-order valence-corrected chi connectivity index (χ3v) is 6.90. The molecule has 0 amide bonds. The Morgan fingerprint density at radius 2 is 1.79 bits per heavy atom. The lowest BCUT2D eigenvalue weighted by molar-refractivity contribution is 0.0176. The maximum absolute atomic E-state index is 8.74. The molecule has 0 aromatic heterocycles. The van der Waals surface area contributed by atoms with Crippen LogP contribution in [0.2, 0.25) is 10.0 Å². The van der Waals surface area contributed by atoms with E-state index in [1.165, 1.54) is 37.7 Å². The summed E-state index contributed by atoms with van der Waals surface area (Å²) in [5, 5.41) is 1.32. The first-order valence-corrected chi connectivity index (χ1v) is 11.7. The summed E-state index contributed by atoms with van der Waals surface area (Å²) < 4.78 is 37.7. The minimum absolute atomic E-state index is 0.540. The molecule has 2 saturated heterocycles. The maximum Gasteiger partial charge on any atom is 0.394 e. The zero-order valence-electron chi connectivity index (χ0n) is 15.8. The van der Waals surface area contributed by atoms with Crippen LogP contribution in [0.25, 0.3) is 0 Å². The van der Waals surface area contributed by atoms with Crippen LogP contribution in [0.4, 0.5) is 0 Å². The number of benzene rings is 1. The van der Waals surface area contributed by atoms with Crippen LogP contribution in [-0.4, -0.2) is 54.8 Å². The van der Waals surface area contributed by atoms with E-state index < -0.39 is 10.4 Å². The zero-order valence-corrected chi connectivity index (χ0v) is 18.1. The minimum Gasteiger partial charge on any atom is -0.381 e. The molecule has 2 heterocycles. The monoisotopic (exact) mass is 451 g/mol. The first kappa shape index (κ1) is 22.3. The normalized spacial score (nSPS) is 30.0. The molecule has 2 bridgehead atoms. The summed E-state index contributed by atoms with van der Waals surface area (Å²) in [5.41, 5.74) is 1.34. The molecule has 4 rings (SSSR count). The van der Waals surface area contributed by atoms with Gasteiger partial charge in [-0.05, 0) is 68.7 Å². The fraction of sp³-hybridized carbons (Fsp3) is 0.684. The number of fused-ring (bicyclic) bond motifs is 2. The van der Waals surface area contributed by atoms with Gasteiger partial charge in [0.05, 0.1) is 16.7 Å². The largest absolute Gasteiger partial charge is 0.394 e. The first-order valence-electron chi connectivity index (χ1n) is 9.58. The van der Waals surface area contributed by atoms with Crippen molar-refractivity contribution in [1.82, 2.24) is 4.90 Å². The van der Waals surface area contributed by atoms with Crippen molar-refractivity contribution in [2.45, 2.75) is 50.1 Å². The second-order valence-electron chi connectivity index (χ2n) is 8.07. The van der Waals surface area contributed by atoms with E-state index in [9.17, 15) is 0 Å². The number of hydrogen-bond acceptors (Lipinski definition) is 4. The van der Waals surface area contributed by atoms with Crippen LogP contribution in [0.3, 0.4) is 0 Å². The molecule has 158 valence electrons. The summed E-state index contributed by atoms with van der Waals surface area (Å²) in [5.74, 6) is 1.93. The van der Waals surface area contributed by atoms with E-state index in [2.05, 4.69) is 24.1 Å². The van der Waals surface area contributed by atoms with Crippen LogP contribution >= 0.6 is 23.2 Å². The highest BCUT2D eigenvalue weighted by molar-refractivity contribution is 7.79. The highest BCUT2D eigenvalue weighted by atomic mass is 35.5. The Morgan fingerprint density at radius 3 is 2.39 bits per heavy atom. The van der Waals surface area contributed by atoms with Gasteiger partial charge in [-0.1, -0.05) is 29.3 Å². The molecule has 0 unspecified atom stereocenters. The summed E-state index contributed by atoms with van der Waals surface area (Å²) in [6, 6.07) is 7.54. The summed E-state index contributed by atoms with van der Waals surface area (Å²) in [7, 11) is -2.37. The van der Waals surface area contributed by atoms with Crippen molar-refractivity contribution in [2.24, 2.45) is 11.8 Å². The maximum atomic E-state index is 8.74. The Bertz CT molecular complexity index is 779. The van der Waals surface area contributed by atoms with Gasteiger partial charge in [0.15, 0.2) is 0 Å². The van der Waals surface area contributed by atoms with E-state index in [4.69, 9.17) is 45.5 Å². The number of rotatable bonds is 5. The van der Waals surface area contributed by atoms with Gasteiger partial charge < -0.3 is 9.64 Å². The minimum atomic E-state index is -4.67. The van der Waals surface area contributed by atoms with E-state index in [0.717, 1.165) is 19.1 Å². The Morgan fingerprint density at radius 1 is 1.11 bits per heavy atom. The van der Waals surface area contributed by atoms with E-state index >= 15 is 0 Å². The Balaban J connectivity index is 0.000000403. The molecule has 9 heteroatoms. The second kappa shape index (κ2) is 9.16. The average molecular weight is 452 g/mol. The van der Waals surface area contributed by atoms with Crippen LogP contribution in [0, 0.1) is 11.8 Å². The van der Waals surface area contributed by atoms with E-state index in [0.29, 0.717) is 34.0 Å². The van der Waals surface area contributed by atoms with E-state index in [1.54, 1.807) is 0 Å². The lowest BCUT2D eigenvalue weighted by Gasteiger charge is -2.43. The van der Waals surface area contributed by atoms with Gasteiger partial charge in [-0.25, -0.2) is 0 Å². The molecule has 3 aliphatic rings. The van der Waals surface area contributed by atoms with Crippen LogP contribution in [-0.2, 0) is 15.1 Å². The highest BCUT2D eigenvalue weighted by Crippen LogP contribution is 2.47. The van der Waals surface area contributed by atoms with Crippen molar-refractivity contribution in [2.75, 3.05) is 20.3 Å². The molecular weight excluding hydrogens is 425 g/mol. The molecule has 1 saturated carbocycles. The van der Waals surface area contributed by atoms with Gasteiger partial charge in [0, 0.05) is 24.6 Å².